The summed E-state index contributed by atoms with van der Waals surface area (Å²) >= 11 is 0.954. The van der Waals surface area contributed by atoms with Crippen molar-refractivity contribution in [3.05, 3.63) is 70.1 Å². The number of furan rings is 1. The average Bonchev–Trinajstić information content (AvgIpc) is 3.42. The van der Waals surface area contributed by atoms with E-state index in [1.54, 1.807) is 13.4 Å². The van der Waals surface area contributed by atoms with Crippen molar-refractivity contribution in [1.29, 1.82) is 0 Å². The van der Waals surface area contributed by atoms with Gasteiger partial charge in [-0.25, -0.2) is 9.98 Å². The van der Waals surface area contributed by atoms with Crippen LogP contribution in [0, 0.1) is 0 Å². The second-order valence-electron chi connectivity index (χ2n) is 6.25. The van der Waals surface area contributed by atoms with Crippen molar-refractivity contribution in [2.24, 2.45) is 4.99 Å². The average molecular weight is 566 g/mol. The number of halogens is 4. The number of rotatable bonds is 8. The van der Waals surface area contributed by atoms with Crippen LogP contribution in [0.3, 0.4) is 0 Å². The number of alkyl halides is 3. The van der Waals surface area contributed by atoms with E-state index < -0.39 is 11.9 Å². The van der Waals surface area contributed by atoms with Crippen LogP contribution in [0.1, 0.15) is 22.0 Å². The summed E-state index contributed by atoms with van der Waals surface area (Å²) < 4.78 is 48.6. The Labute approximate surface area is 199 Å². The van der Waals surface area contributed by atoms with E-state index in [0.29, 0.717) is 30.5 Å². The number of benzene rings is 1. The van der Waals surface area contributed by atoms with Gasteiger partial charge in [0.25, 0.3) is 0 Å². The summed E-state index contributed by atoms with van der Waals surface area (Å²) in [6.45, 7) is 1.08. The smallest absolute Gasteiger partial charge is 0.434 e. The molecule has 2 N–H and O–H groups in total. The van der Waals surface area contributed by atoms with Crippen LogP contribution in [-0.4, -0.2) is 24.6 Å². The van der Waals surface area contributed by atoms with Crippen molar-refractivity contribution in [3.63, 3.8) is 0 Å². The minimum atomic E-state index is -4.44. The van der Waals surface area contributed by atoms with Gasteiger partial charge in [0, 0.05) is 18.3 Å². The summed E-state index contributed by atoms with van der Waals surface area (Å²) in [6.07, 6.45) is -2.19. The molecule has 0 atom stereocenters. The molecule has 6 nitrogen and oxygen atoms in total. The molecule has 0 fully saturated rings. The zero-order chi connectivity index (χ0) is 21.4. The highest BCUT2D eigenvalue weighted by Crippen LogP contribution is 2.29. The lowest BCUT2D eigenvalue weighted by molar-refractivity contribution is -0.140. The summed E-state index contributed by atoms with van der Waals surface area (Å²) in [5.41, 5.74) is 0.0864. The molecule has 0 aliphatic carbocycles. The number of aromatic nitrogens is 1. The van der Waals surface area contributed by atoms with Gasteiger partial charge in [-0.3, -0.25) is 0 Å². The number of hydrogen-bond acceptors (Lipinski definition) is 5. The molecule has 11 heteroatoms. The molecule has 0 saturated heterocycles. The van der Waals surface area contributed by atoms with Crippen LogP contribution in [0.4, 0.5) is 13.2 Å². The predicted octanol–water partition coefficient (Wildman–Crippen LogP) is 4.86. The quantitative estimate of drug-likeness (QED) is 0.232. The summed E-state index contributed by atoms with van der Waals surface area (Å²) in [4.78, 5) is 8.15. The van der Waals surface area contributed by atoms with Crippen LogP contribution in [-0.2, 0) is 25.7 Å². The second-order valence-corrected chi connectivity index (χ2v) is 7.19. The van der Waals surface area contributed by atoms with Crippen LogP contribution < -0.4 is 15.4 Å². The Hall–Kier alpha value is -2.28. The number of nitrogens with zero attached hydrogens (tertiary/aromatic N) is 2. The minimum absolute atomic E-state index is 0. The predicted molar refractivity (Wildman–Crippen MR) is 124 cm³/mol. The monoisotopic (exact) mass is 566 g/mol. The van der Waals surface area contributed by atoms with Crippen molar-refractivity contribution >= 4 is 41.3 Å². The summed E-state index contributed by atoms with van der Waals surface area (Å²) in [7, 11) is 1.60. The maximum atomic E-state index is 12.7. The van der Waals surface area contributed by atoms with E-state index >= 15 is 0 Å². The fraction of sp³-hybridized carbons (Fsp3) is 0.300. The highest BCUT2D eigenvalue weighted by atomic mass is 127. The number of methoxy groups -OCH3 is 1. The number of thiazole rings is 1. The maximum Gasteiger partial charge on any atom is 0.434 e. The largest absolute Gasteiger partial charge is 0.497 e. The second kappa shape index (κ2) is 11.9. The van der Waals surface area contributed by atoms with Gasteiger partial charge in [-0.1, -0.05) is 12.1 Å². The van der Waals surface area contributed by atoms with Gasteiger partial charge in [0.15, 0.2) is 11.7 Å². The Kier molecular flexibility index (Phi) is 9.62. The molecule has 0 aliphatic rings. The molecular weight excluding hydrogens is 544 g/mol. The lowest BCUT2D eigenvalue weighted by Crippen LogP contribution is -2.38. The van der Waals surface area contributed by atoms with E-state index in [1.165, 1.54) is 0 Å². The fourth-order valence-electron chi connectivity index (χ4n) is 2.52. The van der Waals surface area contributed by atoms with E-state index in [-0.39, 0.29) is 30.5 Å². The first-order valence-electron chi connectivity index (χ1n) is 9.13. The highest BCUT2D eigenvalue weighted by Gasteiger charge is 2.33. The van der Waals surface area contributed by atoms with Crippen LogP contribution in [0.25, 0.3) is 0 Å². The summed E-state index contributed by atoms with van der Waals surface area (Å²) in [5.74, 6) is 2.05. The Balaban J connectivity index is 0.00000341. The Morgan fingerprint density at radius 1 is 1.19 bits per heavy atom. The van der Waals surface area contributed by atoms with Crippen molar-refractivity contribution in [2.45, 2.75) is 25.7 Å². The first-order chi connectivity index (χ1) is 14.4. The standard InChI is InChI=1S/C20H21F3N4O2S.HI/c1-28-15-6-4-14(5-7-15)11-25-19(24-9-8-16-3-2-10-29-16)26-12-18-27-17(13-30-18)20(21,22)23;/h2-7,10,13H,8-9,11-12H2,1H3,(H2,24,25,26);1H. The van der Waals surface area contributed by atoms with Gasteiger partial charge >= 0.3 is 6.18 Å². The zero-order valence-electron chi connectivity index (χ0n) is 16.6. The van der Waals surface area contributed by atoms with Gasteiger partial charge < -0.3 is 19.8 Å². The van der Waals surface area contributed by atoms with Crippen LogP contribution >= 0.6 is 35.3 Å². The maximum absolute atomic E-state index is 12.7. The third-order valence-electron chi connectivity index (χ3n) is 4.07. The molecule has 0 radical (unpaired) electrons. The molecule has 0 amide bonds. The molecule has 0 saturated carbocycles. The molecule has 2 heterocycles. The first-order valence-corrected chi connectivity index (χ1v) is 10.0. The molecule has 0 unspecified atom stereocenters. The first kappa shape index (κ1) is 25.0. The molecule has 2 aromatic heterocycles. The van der Waals surface area contributed by atoms with Crippen LogP contribution in [0.2, 0.25) is 0 Å². The van der Waals surface area contributed by atoms with Gasteiger partial charge in [0.2, 0.25) is 0 Å². The SMILES string of the molecule is COc1ccc(CN=C(NCCc2ccco2)NCc2nc(C(F)(F)F)cs2)cc1.I. The Morgan fingerprint density at radius 2 is 1.97 bits per heavy atom. The topological polar surface area (TPSA) is 71.7 Å². The molecule has 3 aromatic rings. The van der Waals surface area contributed by atoms with Crippen molar-refractivity contribution in [2.75, 3.05) is 13.7 Å². The molecule has 3 rings (SSSR count). The normalized spacial score (nSPS) is 11.7. The number of guanidine groups is 1. The van der Waals surface area contributed by atoms with Gasteiger partial charge in [-0.05, 0) is 29.8 Å². The number of ether oxygens (including phenoxy) is 1. The molecule has 168 valence electrons. The molecule has 1 aromatic carbocycles. The minimum Gasteiger partial charge on any atom is -0.497 e. The van der Waals surface area contributed by atoms with Crippen molar-refractivity contribution in [1.82, 2.24) is 15.6 Å². The van der Waals surface area contributed by atoms with E-state index in [4.69, 9.17) is 9.15 Å². The molecular formula is C20H22F3IN4O2S. The Morgan fingerprint density at radius 3 is 2.58 bits per heavy atom. The van der Waals surface area contributed by atoms with Gasteiger partial charge in [-0.2, -0.15) is 13.2 Å². The van der Waals surface area contributed by atoms with Crippen LogP contribution in [0.5, 0.6) is 5.75 Å². The van der Waals surface area contributed by atoms with Gasteiger partial charge in [0.1, 0.15) is 16.5 Å². The number of aliphatic imine (C=N–C) groups is 1. The van der Waals surface area contributed by atoms with Crippen LogP contribution in [0.15, 0.2) is 57.5 Å². The van der Waals surface area contributed by atoms with Crippen molar-refractivity contribution in [3.8, 4) is 5.75 Å². The molecule has 0 aliphatic heterocycles. The van der Waals surface area contributed by atoms with Gasteiger partial charge in [0.05, 0.1) is 26.5 Å². The van der Waals surface area contributed by atoms with E-state index in [0.717, 1.165) is 33.8 Å². The van der Waals surface area contributed by atoms with E-state index in [2.05, 4.69) is 20.6 Å². The van der Waals surface area contributed by atoms with E-state index in [9.17, 15) is 13.2 Å². The summed E-state index contributed by atoms with van der Waals surface area (Å²) in [6, 6.07) is 11.2. The van der Waals surface area contributed by atoms with Gasteiger partial charge in [-0.15, -0.1) is 35.3 Å². The van der Waals surface area contributed by atoms with Crippen molar-refractivity contribution < 1.29 is 22.3 Å². The lowest BCUT2D eigenvalue weighted by atomic mass is 10.2. The fourth-order valence-corrected chi connectivity index (χ4v) is 3.26. The highest BCUT2D eigenvalue weighted by molar-refractivity contribution is 14.0. The van der Waals surface area contributed by atoms with E-state index in [1.807, 2.05) is 36.4 Å². The third-order valence-corrected chi connectivity index (χ3v) is 4.92. The zero-order valence-corrected chi connectivity index (χ0v) is 19.8. The molecule has 0 bridgehead atoms. The number of nitrogens with one attached hydrogen (secondary N) is 2. The molecule has 0 spiro atoms. The third kappa shape index (κ3) is 8.05. The molecule has 31 heavy (non-hydrogen) atoms. The summed E-state index contributed by atoms with van der Waals surface area (Å²) in [5, 5.41) is 7.54. The Bertz CT molecular complexity index is 944. The lowest BCUT2D eigenvalue weighted by Gasteiger charge is -2.11. The number of hydrogen-bond donors (Lipinski definition) is 2.